The number of nitrogens with zero attached hydrogens (tertiary/aromatic N) is 5. The Morgan fingerprint density at radius 1 is 0.909 bits per heavy atom. The summed E-state index contributed by atoms with van der Waals surface area (Å²) in [4.78, 5) is 45.2. The Hall–Kier alpha value is -4.44. The van der Waals surface area contributed by atoms with Crippen LogP contribution >= 0.6 is 0 Å². The normalized spacial score (nSPS) is 18.5. The van der Waals surface area contributed by atoms with Crippen LogP contribution in [-0.2, 0) is 17.9 Å². The Bertz CT molecular complexity index is 1770. The summed E-state index contributed by atoms with van der Waals surface area (Å²) >= 11 is 0. The molecule has 0 radical (unpaired) electrons. The lowest BCUT2D eigenvalue weighted by atomic mass is 9.85. The van der Waals surface area contributed by atoms with Crippen molar-refractivity contribution >= 4 is 28.6 Å². The molecular weight excluding hydrogens is 561 g/mol. The van der Waals surface area contributed by atoms with E-state index in [2.05, 4.69) is 9.80 Å². The molecule has 4 aromatic rings. The van der Waals surface area contributed by atoms with Gasteiger partial charge in [0, 0.05) is 37.9 Å². The highest BCUT2D eigenvalue weighted by Crippen LogP contribution is 2.40. The van der Waals surface area contributed by atoms with E-state index < -0.39 is 11.5 Å². The Morgan fingerprint density at radius 2 is 1.64 bits per heavy atom. The number of hydrogen-bond acceptors (Lipinski definition) is 5. The number of carbonyl (C=O) groups excluding carboxylic acids is 1. The van der Waals surface area contributed by atoms with Gasteiger partial charge in [0.2, 0.25) is 5.91 Å². The minimum Gasteiger partial charge on any atom is -0.478 e. The lowest BCUT2D eigenvalue weighted by Gasteiger charge is -2.43. The molecule has 1 spiro atoms. The first-order chi connectivity index (χ1) is 21.3. The second kappa shape index (κ2) is 11.2. The predicted octanol–water partition coefficient (Wildman–Crippen LogP) is 4.71. The standard InChI is InChI=1S/C34H36FN5O4/c35-26-9-11-27(12-10-26)39-23-37(22-24-5-3-6-25(21-24)31(41)42)32(43)34(39)15-19-36(20-16-34)17-4-18-38-29-7-1-2-8-30(29)40(33(38)44)28-13-14-28/h1-3,5-12,21,28H,4,13-20,22-23H2,(H,41,42). The number of para-hydroxylation sites is 2. The molecule has 0 unspecified atom stereocenters. The smallest absolute Gasteiger partial charge is 0.335 e. The zero-order chi connectivity index (χ0) is 30.4. The number of rotatable bonds is 9. The van der Waals surface area contributed by atoms with Crippen LogP contribution in [0.15, 0.2) is 77.6 Å². The Labute approximate surface area is 254 Å². The number of fused-ring (bicyclic) bond motifs is 1. The Kier molecular flexibility index (Phi) is 7.24. The summed E-state index contributed by atoms with van der Waals surface area (Å²) in [6.07, 6.45) is 4.19. The number of carboxylic acid groups (broad SMARTS) is 1. The molecule has 3 fully saturated rings. The van der Waals surface area contributed by atoms with E-state index in [9.17, 15) is 23.9 Å². The molecule has 3 heterocycles. The molecule has 44 heavy (non-hydrogen) atoms. The summed E-state index contributed by atoms with van der Waals surface area (Å²) in [6.45, 7) is 3.56. The summed E-state index contributed by atoms with van der Waals surface area (Å²) < 4.78 is 17.7. The van der Waals surface area contributed by atoms with Crippen molar-refractivity contribution in [2.24, 2.45) is 0 Å². The number of likely N-dealkylation sites (tertiary alicyclic amines) is 1. The monoisotopic (exact) mass is 597 g/mol. The maximum absolute atomic E-state index is 14.1. The summed E-state index contributed by atoms with van der Waals surface area (Å²) in [6, 6.07) is 21.3. The van der Waals surface area contributed by atoms with Crippen LogP contribution in [0.2, 0.25) is 0 Å². The van der Waals surface area contributed by atoms with Crippen molar-refractivity contribution in [2.75, 3.05) is 31.2 Å². The summed E-state index contributed by atoms with van der Waals surface area (Å²) in [5, 5.41) is 9.43. The fraction of sp³-hybridized carbons (Fsp3) is 0.382. The van der Waals surface area contributed by atoms with Gasteiger partial charge in [-0.1, -0.05) is 24.3 Å². The van der Waals surface area contributed by atoms with Gasteiger partial charge in [-0.3, -0.25) is 13.9 Å². The minimum atomic E-state index is -1.00. The first-order valence-corrected chi connectivity index (χ1v) is 15.4. The van der Waals surface area contributed by atoms with Crippen LogP contribution in [0.3, 0.4) is 0 Å². The van der Waals surface area contributed by atoms with E-state index in [1.165, 1.54) is 12.1 Å². The van der Waals surface area contributed by atoms with E-state index in [0.29, 0.717) is 38.6 Å². The largest absolute Gasteiger partial charge is 0.478 e. The molecule has 1 N–H and O–H groups in total. The number of anilines is 1. The molecule has 1 amide bonds. The van der Waals surface area contributed by atoms with E-state index >= 15 is 0 Å². The molecule has 10 heteroatoms. The molecule has 9 nitrogen and oxygen atoms in total. The number of aromatic carboxylic acids is 1. The first-order valence-electron chi connectivity index (χ1n) is 15.4. The molecule has 7 rings (SSSR count). The van der Waals surface area contributed by atoms with Crippen molar-refractivity contribution in [1.29, 1.82) is 0 Å². The molecule has 2 saturated heterocycles. The number of halogens is 1. The predicted molar refractivity (Wildman–Crippen MR) is 165 cm³/mol. The number of benzene rings is 3. The molecule has 3 aromatic carbocycles. The topological polar surface area (TPSA) is 91.0 Å². The quantitative estimate of drug-likeness (QED) is 0.301. The van der Waals surface area contributed by atoms with E-state index in [1.807, 2.05) is 39.5 Å². The number of aryl methyl sites for hydroxylation is 1. The molecular formula is C34H36FN5O4. The number of amides is 1. The second-order valence-corrected chi connectivity index (χ2v) is 12.3. The maximum atomic E-state index is 14.1. The molecule has 0 bridgehead atoms. The highest BCUT2D eigenvalue weighted by atomic mass is 19.1. The fourth-order valence-corrected chi connectivity index (χ4v) is 7.09. The zero-order valence-electron chi connectivity index (χ0n) is 24.6. The average molecular weight is 598 g/mol. The van der Waals surface area contributed by atoms with Crippen LogP contribution in [0.4, 0.5) is 10.1 Å². The zero-order valence-corrected chi connectivity index (χ0v) is 24.6. The number of carboxylic acids is 1. The molecule has 228 valence electrons. The van der Waals surface area contributed by atoms with Crippen molar-refractivity contribution in [2.45, 2.75) is 56.8 Å². The third-order valence-corrected chi connectivity index (χ3v) is 9.52. The summed E-state index contributed by atoms with van der Waals surface area (Å²) in [5.74, 6) is -1.32. The minimum absolute atomic E-state index is 0.0154. The summed E-state index contributed by atoms with van der Waals surface area (Å²) in [7, 11) is 0. The molecule has 3 aliphatic rings. The van der Waals surface area contributed by atoms with Crippen LogP contribution < -0.4 is 10.6 Å². The highest BCUT2D eigenvalue weighted by molar-refractivity contribution is 5.93. The molecule has 1 aromatic heterocycles. The second-order valence-electron chi connectivity index (χ2n) is 12.3. The third-order valence-electron chi connectivity index (χ3n) is 9.52. The summed E-state index contributed by atoms with van der Waals surface area (Å²) in [5.41, 5.74) is 3.06. The molecule has 1 aliphatic carbocycles. The number of imidazole rings is 1. The maximum Gasteiger partial charge on any atom is 0.335 e. The number of carbonyl (C=O) groups is 2. The van der Waals surface area contributed by atoms with Crippen LogP contribution in [0.5, 0.6) is 0 Å². The molecule has 2 aliphatic heterocycles. The van der Waals surface area contributed by atoms with Gasteiger partial charge in [0.25, 0.3) is 0 Å². The van der Waals surface area contributed by atoms with E-state index in [4.69, 9.17) is 0 Å². The van der Waals surface area contributed by atoms with Crippen LogP contribution in [0, 0.1) is 5.82 Å². The van der Waals surface area contributed by atoms with Gasteiger partial charge in [-0.05, 0) is 92.7 Å². The van der Waals surface area contributed by atoms with Gasteiger partial charge in [0.05, 0.1) is 23.3 Å². The first kappa shape index (κ1) is 28.3. The lowest BCUT2D eigenvalue weighted by molar-refractivity contribution is -0.134. The van der Waals surface area contributed by atoms with E-state index in [-0.39, 0.29) is 23.0 Å². The number of hydrogen-bond donors (Lipinski definition) is 1. The van der Waals surface area contributed by atoms with Crippen LogP contribution in [-0.4, -0.2) is 67.8 Å². The number of aromatic nitrogens is 2. The fourth-order valence-electron chi connectivity index (χ4n) is 7.09. The van der Waals surface area contributed by atoms with Crippen molar-refractivity contribution in [3.8, 4) is 0 Å². The SMILES string of the molecule is O=C(O)c1cccc(CN2CN(c3ccc(F)cc3)C3(CCN(CCCn4c(=O)n(C5CC5)c5ccccc54)CC3)C2=O)c1. The van der Waals surface area contributed by atoms with Gasteiger partial charge in [0.1, 0.15) is 11.4 Å². The van der Waals surface area contributed by atoms with Gasteiger partial charge >= 0.3 is 11.7 Å². The van der Waals surface area contributed by atoms with Gasteiger partial charge < -0.3 is 19.8 Å². The number of piperidine rings is 1. The van der Waals surface area contributed by atoms with Crippen molar-refractivity contribution in [1.82, 2.24) is 18.9 Å². The van der Waals surface area contributed by atoms with E-state index in [1.54, 1.807) is 35.2 Å². The third kappa shape index (κ3) is 5.06. The highest BCUT2D eigenvalue weighted by Gasteiger charge is 2.53. The molecule has 1 saturated carbocycles. The Morgan fingerprint density at radius 3 is 2.34 bits per heavy atom. The van der Waals surface area contributed by atoms with Crippen molar-refractivity contribution < 1.29 is 19.1 Å². The van der Waals surface area contributed by atoms with Gasteiger partial charge in [-0.15, -0.1) is 0 Å². The average Bonchev–Trinajstić information content (AvgIpc) is 3.79. The van der Waals surface area contributed by atoms with Crippen molar-refractivity contribution in [3.05, 3.63) is 100 Å². The van der Waals surface area contributed by atoms with Gasteiger partial charge in [-0.2, -0.15) is 0 Å². The molecule has 0 atom stereocenters. The Balaban J connectivity index is 1.06. The van der Waals surface area contributed by atoms with Crippen LogP contribution in [0.25, 0.3) is 11.0 Å². The van der Waals surface area contributed by atoms with Gasteiger partial charge in [0.15, 0.2) is 0 Å². The van der Waals surface area contributed by atoms with Crippen molar-refractivity contribution in [3.63, 3.8) is 0 Å². The van der Waals surface area contributed by atoms with Gasteiger partial charge in [-0.25, -0.2) is 14.0 Å². The van der Waals surface area contributed by atoms with Crippen LogP contribution in [0.1, 0.15) is 54.1 Å². The lowest BCUT2D eigenvalue weighted by Crippen LogP contribution is -2.56. The van der Waals surface area contributed by atoms with E-state index in [0.717, 1.165) is 61.2 Å².